The van der Waals surface area contributed by atoms with Crippen LogP contribution in [0.4, 0.5) is 11.8 Å². The molecule has 0 spiro atoms. The van der Waals surface area contributed by atoms with Gasteiger partial charge in [-0.2, -0.15) is 4.98 Å². The van der Waals surface area contributed by atoms with Gasteiger partial charge >= 0.3 is 0 Å². The molecule has 2 aromatic rings. The number of nitrogens with two attached hydrogens (primary N) is 2. The minimum atomic E-state index is -0.368. The van der Waals surface area contributed by atoms with Gasteiger partial charge in [0.25, 0.3) is 0 Å². The van der Waals surface area contributed by atoms with Crippen LogP contribution in [0.15, 0.2) is 12.1 Å². The number of rotatable bonds is 2. The number of anilines is 2. The molecule has 1 aromatic carbocycles. The van der Waals surface area contributed by atoms with Gasteiger partial charge in [0.15, 0.2) is 0 Å². The number of halogens is 3. The van der Waals surface area contributed by atoms with Crippen LogP contribution in [0.2, 0.25) is 15.1 Å². The first kappa shape index (κ1) is 14.1. The molecule has 2 rings (SSSR count). The molecule has 0 aliphatic rings. The topological polar surface area (TPSA) is 98.0 Å². The molecule has 0 aliphatic heterocycles. The summed E-state index contributed by atoms with van der Waals surface area (Å²) >= 11 is 18.0. The molecule has 8 heteroatoms. The van der Waals surface area contributed by atoms with E-state index in [0.29, 0.717) is 16.1 Å². The molecule has 1 heterocycles. The summed E-state index contributed by atoms with van der Waals surface area (Å²) in [6.45, 7) is -0.368. The molecule has 0 amide bonds. The predicted octanol–water partition coefficient (Wildman–Crippen LogP) is 2.76. The number of nitrogens with zero attached hydrogens (tertiary/aromatic N) is 2. The molecule has 1 aromatic heterocycles. The minimum absolute atomic E-state index is 0.0328. The Labute approximate surface area is 124 Å². The maximum atomic E-state index is 9.35. The van der Waals surface area contributed by atoms with Crippen molar-refractivity contribution in [2.24, 2.45) is 0 Å². The third-order valence-electron chi connectivity index (χ3n) is 2.44. The van der Waals surface area contributed by atoms with Gasteiger partial charge < -0.3 is 16.6 Å². The Hall–Kier alpha value is -1.27. The quantitative estimate of drug-likeness (QED) is 0.739. The normalized spacial score (nSPS) is 10.7. The molecule has 0 saturated carbocycles. The summed E-state index contributed by atoms with van der Waals surface area (Å²) in [5.74, 6) is 0.0614. The maximum Gasteiger partial charge on any atom is 0.222 e. The first-order valence-corrected chi connectivity index (χ1v) is 6.25. The van der Waals surface area contributed by atoms with Crippen LogP contribution in [0.25, 0.3) is 11.1 Å². The molecule has 0 atom stereocenters. The van der Waals surface area contributed by atoms with Crippen molar-refractivity contribution >= 4 is 46.6 Å². The molecule has 100 valence electrons. The fourth-order valence-corrected chi connectivity index (χ4v) is 2.39. The number of nitrogen functional groups attached to an aromatic ring is 2. The van der Waals surface area contributed by atoms with Gasteiger partial charge in [-0.05, 0) is 12.1 Å². The highest BCUT2D eigenvalue weighted by Gasteiger charge is 2.18. The molecule has 19 heavy (non-hydrogen) atoms. The van der Waals surface area contributed by atoms with E-state index >= 15 is 0 Å². The summed E-state index contributed by atoms with van der Waals surface area (Å²) in [7, 11) is 0. The molecule has 0 radical (unpaired) electrons. The summed E-state index contributed by atoms with van der Waals surface area (Å²) in [6, 6.07) is 3.07. The van der Waals surface area contributed by atoms with Crippen molar-refractivity contribution in [3.05, 3.63) is 32.9 Å². The van der Waals surface area contributed by atoms with Crippen molar-refractivity contribution in [1.82, 2.24) is 9.97 Å². The van der Waals surface area contributed by atoms with E-state index in [2.05, 4.69) is 9.97 Å². The monoisotopic (exact) mass is 318 g/mol. The number of benzene rings is 1. The van der Waals surface area contributed by atoms with E-state index in [-0.39, 0.29) is 34.1 Å². The number of aliphatic hydroxyl groups excluding tert-OH is 1. The van der Waals surface area contributed by atoms with Crippen molar-refractivity contribution in [3.8, 4) is 11.1 Å². The highest BCUT2D eigenvalue weighted by Crippen LogP contribution is 2.39. The number of hydrogen-bond acceptors (Lipinski definition) is 5. The van der Waals surface area contributed by atoms with E-state index in [9.17, 15) is 5.11 Å². The number of aromatic nitrogens is 2. The van der Waals surface area contributed by atoms with E-state index < -0.39 is 0 Å². The molecule has 5 N–H and O–H groups in total. The summed E-state index contributed by atoms with van der Waals surface area (Å²) in [4.78, 5) is 7.77. The Morgan fingerprint density at radius 1 is 1.11 bits per heavy atom. The summed E-state index contributed by atoms with van der Waals surface area (Å²) in [5.41, 5.74) is 12.4. The first-order valence-electron chi connectivity index (χ1n) is 5.11. The van der Waals surface area contributed by atoms with Gasteiger partial charge in [-0.15, -0.1) is 0 Å². The van der Waals surface area contributed by atoms with E-state index in [0.717, 1.165) is 0 Å². The van der Waals surface area contributed by atoms with Gasteiger partial charge in [-0.25, -0.2) is 4.98 Å². The third kappa shape index (κ3) is 2.69. The Balaban J connectivity index is 2.79. The lowest BCUT2D eigenvalue weighted by Gasteiger charge is -2.13. The van der Waals surface area contributed by atoms with Crippen molar-refractivity contribution < 1.29 is 5.11 Å². The van der Waals surface area contributed by atoms with Crippen LogP contribution in [-0.4, -0.2) is 15.1 Å². The average molecular weight is 320 g/mol. The highest BCUT2D eigenvalue weighted by atomic mass is 35.5. The van der Waals surface area contributed by atoms with Crippen LogP contribution in [0.1, 0.15) is 5.69 Å². The van der Waals surface area contributed by atoms with Crippen molar-refractivity contribution in [1.29, 1.82) is 0 Å². The van der Waals surface area contributed by atoms with Gasteiger partial charge in [0.1, 0.15) is 5.82 Å². The smallest absolute Gasteiger partial charge is 0.222 e. The molecule has 0 fully saturated rings. The number of hydrogen-bond donors (Lipinski definition) is 3. The van der Waals surface area contributed by atoms with E-state index in [1.54, 1.807) is 6.07 Å². The van der Waals surface area contributed by atoms with Crippen LogP contribution >= 0.6 is 34.8 Å². The molecule has 0 unspecified atom stereocenters. The van der Waals surface area contributed by atoms with E-state index in [4.69, 9.17) is 46.3 Å². The fourth-order valence-electron chi connectivity index (χ4n) is 1.69. The summed E-state index contributed by atoms with van der Waals surface area (Å²) in [5, 5.41) is 10.2. The molecule has 0 bridgehead atoms. The van der Waals surface area contributed by atoms with Crippen LogP contribution in [0.3, 0.4) is 0 Å². The first-order chi connectivity index (χ1) is 8.93. The zero-order valence-corrected chi connectivity index (χ0v) is 11.8. The van der Waals surface area contributed by atoms with Crippen LogP contribution in [0, 0.1) is 0 Å². The third-order valence-corrected chi connectivity index (χ3v) is 3.46. The second kappa shape index (κ2) is 5.38. The SMILES string of the molecule is Nc1nc(N)c(-c2cc(Cl)cc(Cl)c2Cl)c(CO)n1. The lowest BCUT2D eigenvalue weighted by Crippen LogP contribution is -2.07. The second-order valence-corrected chi connectivity index (χ2v) is 4.92. The largest absolute Gasteiger partial charge is 0.390 e. The maximum absolute atomic E-state index is 9.35. The molecule has 0 saturated heterocycles. The van der Waals surface area contributed by atoms with Gasteiger partial charge in [0, 0.05) is 16.1 Å². The van der Waals surface area contributed by atoms with Crippen molar-refractivity contribution in [2.75, 3.05) is 11.5 Å². The van der Waals surface area contributed by atoms with Crippen LogP contribution in [-0.2, 0) is 6.61 Å². The minimum Gasteiger partial charge on any atom is -0.390 e. The van der Waals surface area contributed by atoms with Gasteiger partial charge in [-0.1, -0.05) is 34.8 Å². The van der Waals surface area contributed by atoms with Gasteiger partial charge in [0.05, 0.1) is 22.3 Å². The van der Waals surface area contributed by atoms with E-state index in [1.165, 1.54) is 6.07 Å². The Morgan fingerprint density at radius 3 is 2.42 bits per heavy atom. The molecule has 0 aliphatic carbocycles. The van der Waals surface area contributed by atoms with Gasteiger partial charge in [-0.3, -0.25) is 0 Å². The van der Waals surface area contributed by atoms with E-state index in [1.807, 2.05) is 0 Å². The van der Waals surface area contributed by atoms with Crippen molar-refractivity contribution in [3.63, 3.8) is 0 Å². The second-order valence-electron chi connectivity index (χ2n) is 3.70. The Kier molecular flexibility index (Phi) is 4.01. The molecular weight excluding hydrogens is 311 g/mol. The van der Waals surface area contributed by atoms with Crippen LogP contribution < -0.4 is 11.5 Å². The lowest BCUT2D eigenvalue weighted by atomic mass is 10.0. The lowest BCUT2D eigenvalue weighted by molar-refractivity contribution is 0.277. The fraction of sp³-hybridized carbons (Fsp3) is 0.0909. The summed E-state index contributed by atoms with van der Waals surface area (Å²) in [6.07, 6.45) is 0. The van der Waals surface area contributed by atoms with Gasteiger partial charge in [0.2, 0.25) is 5.95 Å². The number of aliphatic hydroxyl groups is 1. The molecule has 5 nitrogen and oxygen atoms in total. The summed E-state index contributed by atoms with van der Waals surface area (Å²) < 4.78 is 0. The Morgan fingerprint density at radius 2 is 1.79 bits per heavy atom. The standard InChI is InChI=1S/C11H9Cl3N4O/c12-4-1-5(9(14)6(13)2-4)8-7(3-19)17-11(16)18-10(8)15/h1-2,19H,3H2,(H4,15,16,17,18). The zero-order valence-electron chi connectivity index (χ0n) is 9.49. The Bertz CT molecular complexity index is 648. The highest BCUT2D eigenvalue weighted by molar-refractivity contribution is 6.45. The molecular formula is C11H9Cl3N4O. The zero-order chi connectivity index (χ0) is 14.2. The predicted molar refractivity (Wildman–Crippen MR) is 77.2 cm³/mol. The average Bonchev–Trinajstić information content (AvgIpc) is 2.33. The van der Waals surface area contributed by atoms with Crippen LogP contribution in [0.5, 0.6) is 0 Å². The van der Waals surface area contributed by atoms with Crippen molar-refractivity contribution in [2.45, 2.75) is 6.61 Å².